The maximum Gasteiger partial charge on any atom is 0.0829 e. The zero-order valence-corrected chi connectivity index (χ0v) is 8.23. The van der Waals surface area contributed by atoms with Crippen LogP contribution in [-0.4, -0.2) is 17.8 Å². The zero-order valence-electron chi connectivity index (χ0n) is 8.23. The Morgan fingerprint density at radius 2 is 2.00 bits per heavy atom. The summed E-state index contributed by atoms with van der Waals surface area (Å²) in [5.41, 5.74) is 1.23. The molecular formula is C12H16O2. The van der Waals surface area contributed by atoms with Crippen molar-refractivity contribution in [3.05, 3.63) is 35.9 Å². The van der Waals surface area contributed by atoms with E-state index >= 15 is 0 Å². The first-order valence-corrected chi connectivity index (χ1v) is 5.21. The second-order valence-corrected chi connectivity index (χ2v) is 3.77. The topological polar surface area (TPSA) is 29.5 Å². The molecule has 2 nitrogen and oxygen atoms in total. The van der Waals surface area contributed by atoms with Gasteiger partial charge in [-0.15, -0.1) is 0 Å². The fraction of sp³-hybridized carbons (Fsp3) is 0.500. The molecule has 0 amide bonds. The van der Waals surface area contributed by atoms with Crippen LogP contribution in [-0.2, 0) is 4.74 Å². The molecule has 0 aliphatic carbocycles. The Balaban J connectivity index is 2.04. The molecule has 0 saturated carbocycles. The zero-order chi connectivity index (χ0) is 9.80. The molecule has 1 fully saturated rings. The first-order valence-electron chi connectivity index (χ1n) is 5.21. The quantitative estimate of drug-likeness (QED) is 0.779. The van der Waals surface area contributed by atoms with Crippen LogP contribution >= 0.6 is 0 Å². The molecule has 0 radical (unpaired) electrons. The van der Waals surface area contributed by atoms with Gasteiger partial charge < -0.3 is 9.84 Å². The molecular weight excluding hydrogens is 176 g/mol. The molecule has 1 saturated heterocycles. The van der Waals surface area contributed by atoms with E-state index in [-0.39, 0.29) is 18.8 Å². The average Bonchev–Trinajstić information content (AvgIpc) is 2.30. The van der Waals surface area contributed by atoms with Crippen LogP contribution in [0.4, 0.5) is 0 Å². The Kier molecular flexibility index (Phi) is 3.17. The van der Waals surface area contributed by atoms with Gasteiger partial charge >= 0.3 is 0 Å². The second-order valence-electron chi connectivity index (χ2n) is 3.77. The predicted molar refractivity (Wildman–Crippen MR) is 55.0 cm³/mol. The summed E-state index contributed by atoms with van der Waals surface area (Å²) in [6.07, 6.45) is 3.42. The molecule has 1 N–H and O–H groups in total. The molecule has 14 heavy (non-hydrogen) atoms. The molecule has 0 aromatic heterocycles. The van der Waals surface area contributed by atoms with E-state index in [1.165, 1.54) is 5.56 Å². The molecule has 1 aliphatic heterocycles. The normalized spacial score (nSPS) is 27.5. The first-order chi connectivity index (χ1) is 6.90. The van der Waals surface area contributed by atoms with E-state index in [1.54, 1.807) is 0 Å². The smallest absolute Gasteiger partial charge is 0.0829 e. The molecule has 76 valence electrons. The molecule has 1 heterocycles. The Bertz CT molecular complexity index is 271. The molecule has 1 aromatic rings. The molecule has 2 heteroatoms. The van der Waals surface area contributed by atoms with Crippen LogP contribution in [0, 0.1) is 0 Å². The van der Waals surface area contributed by atoms with Crippen molar-refractivity contribution in [3.63, 3.8) is 0 Å². The highest BCUT2D eigenvalue weighted by Gasteiger charge is 2.22. The van der Waals surface area contributed by atoms with Gasteiger partial charge in [0.1, 0.15) is 0 Å². The summed E-state index contributed by atoms with van der Waals surface area (Å²) in [4.78, 5) is 0. The van der Waals surface area contributed by atoms with Crippen molar-refractivity contribution in [1.29, 1.82) is 0 Å². The van der Waals surface area contributed by atoms with Gasteiger partial charge in [0, 0.05) is 0 Å². The van der Waals surface area contributed by atoms with E-state index < -0.39 is 0 Å². The maximum absolute atomic E-state index is 9.03. The monoisotopic (exact) mass is 192 g/mol. The van der Waals surface area contributed by atoms with Gasteiger partial charge in [0.2, 0.25) is 0 Å². The number of rotatable bonds is 2. The van der Waals surface area contributed by atoms with Gasteiger partial charge in [-0.05, 0) is 24.8 Å². The highest BCUT2D eigenvalue weighted by molar-refractivity contribution is 5.17. The number of hydrogen-bond donors (Lipinski definition) is 1. The number of aliphatic hydroxyl groups is 1. The van der Waals surface area contributed by atoms with Crippen LogP contribution in [0.2, 0.25) is 0 Å². The van der Waals surface area contributed by atoms with Crippen molar-refractivity contribution in [2.75, 3.05) is 6.61 Å². The third kappa shape index (κ3) is 2.14. The Morgan fingerprint density at radius 3 is 2.71 bits per heavy atom. The molecule has 0 unspecified atom stereocenters. The van der Waals surface area contributed by atoms with E-state index in [9.17, 15) is 0 Å². The van der Waals surface area contributed by atoms with Gasteiger partial charge in [-0.1, -0.05) is 30.3 Å². The minimum Gasteiger partial charge on any atom is -0.394 e. The molecule has 2 rings (SSSR count). The van der Waals surface area contributed by atoms with E-state index in [0.29, 0.717) is 0 Å². The lowest BCUT2D eigenvalue weighted by molar-refractivity contribution is -0.0736. The van der Waals surface area contributed by atoms with E-state index in [2.05, 4.69) is 12.1 Å². The summed E-state index contributed by atoms with van der Waals surface area (Å²) >= 11 is 0. The van der Waals surface area contributed by atoms with Crippen molar-refractivity contribution in [3.8, 4) is 0 Å². The number of aliphatic hydroxyl groups excluding tert-OH is 1. The van der Waals surface area contributed by atoms with Gasteiger partial charge in [0.05, 0.1) is 18.8 Å². The number of benzene rings is 1. The van der Waals surface area contributed by atoms with Gasteiger partial charge in [-0.3, -0.25) is 0 Å². The highest BCUT2D eigenvalue weighted by Crippen LogP contribution is 2.30. The standard InChI is InChI=1S/C12H16O2/c13-9-11-7-4-8-12(14-11)10-5-2-1-3-6-10/h1-3,5-6,11-13H,4,7-9H2/t11-,12+/m1/s1. The van der Waals surface area contributed by atoms with Crippen LogP contribution in [0.3, 0.4) is 0 Å². The fourth-order valence-corrected chi connectivity index (χ4v) is 1.95. The average molecular weight is 192 g/mol. The third-order valence-electron chi connectivity index (χ3n) is 2.72. The summed E-state index contributed by atoms with van der Waals surface area (Å²) in [5, 5.41) is 9.03. The Morgan fingerprint density at radius 1 is 1.21 bits per heavy atom. The van der Waals surface area contributed by atoms with Crippen LogP contribution in [0.1, 0.15) is 30.9 Å². The summed E-state index contributed by atoms with van der Waals surface area (Å²) in [5.74, 6) is 0. The highest BCUT2D eigenvalue weighted by atomic mass is 16.5. The second kappa shape index (κ2) is 4.58. The predicted octanol–water partition coefficient (Wildman–Crippen LogP) is 2.29. The van der Waals surface area contributed by atoms with Crippen molar-refractivity contribution < 1.29 is 9.84 Å². The fourth-order valence-electron chi connectivity index (χ4n) is 1.95. The Labute approximate surface area is 84.5 Å². The summed E-state index contributed by atoms with van der Waals surface area (Å²) in [6.45, 7) is 0.142. The minimum absolute atomic E-state index is 0.0361. The van der Waals surface area contributed by atoms with Gasteiger partial charge in [0.15, 0.2) is 0 Å². The van der Waals surface area contributed by atoms with Crippen molar-refractivity contribution >= 4 is 0 Å². The number of ether oxygens (including phenoxy) is 1. The maximum atomic E-state index is 9.03. The van der Waals surface area contributed by atoms with Gasteiger partial charge in [0.25, 0.3) is 0 Å². The molecule has 0 spiro atoms. The van der Waals surface area contributed by atoms with Crippen LogP contribution < -0.4 is 0 Å². The molecule has 1 aliphatic rings. The Hall–Kier alpha value is -0.860. The number of hydrogen-bond acceptors (Lipinski definition) is 2. The third-order valence-corrected chi connectivity index (χ3v) is 2.72. The lowest BCUT2D eigenvalue weighted by Gasteiger charge is -2.29. The molecule has 0 bridgehead atoms. The van der Waals surface area contributed by atoms with E-state index in [0.717, 1.165) is 19.3 Å². The molecule has 2 atom stereocenters. The lowest BCUT2D eigenvalue weighted by atomic mass is 9.99. The van der Waals surface area contributed by atoms with Crippen molar-refractivity contribution in [1.82, 2.24) is 0 Å². The van der Waals surface area contributed by atoms with Crippen LogP contribution in [0.5, 0.6) is 0 Å². The van der Waals surface area contributed by atoms with Crippen LogP contribution in [0.15, 0.2) is 30.3 Å². The van der Waals surface area contributed by atoms with Crippen LogP contribution in [0.25, 0.3) is 0 Å². The van der Waals surface area contributed by atoms with E-state index in [4.69, 9.17) is 9.84 Å². The summed E-state index contributed by atoms with van der Waals surface area (Å²) < 4.78 is 5.77. The van der Waals surface area contributed by atoms with Gasteiger partial charge in [-0.2, -0.15) is 0 Å². The SMILES string of the molecule is OC[C@H]1CCC[C@@H](c2ccccc2)O1. The van der Waals surface area contributed by atoms with Crippen molar-refractivity contribution in [2.45, 2.75) is 31.5 Å². The minimum atomic E-state index is 0.0361. The summed E-state index contributed by atoms with van der Waals surface area (Å²) in [6, 6.07) is 10.2. The first kappa shape index (κ1) is 9.69. The summed E-state index contributed by atoms with van der Waals surface area (Å²) in [7, 11) is 0. The van der Waals surface area contributed by atoms with Crippen molar-refractivity contribution in [2.24, 2.45) is 0 Å². The van der Waals surface area contributed by atoms with E-state index in [1.807, 2.05) is 18.2 Å². The van der Waals surface area contributed by atoms with Gasteiger partial charge in [-0.25, -0.2) is 0 Å². The largest absolute Gasteiger partial charge is 0.394 e. The molecule has 1 aromatic carbocycles. The lowest BCUT2D eigenvalue weighted by Crippen LogP contribution is -2.25.